The molecule has 4 aliphatic carbocycles. The zero-order valence-corrected chi connectivity index (χ0v) is 20.4. The summed E-state index contributed by atoms with van der Waals surface area (Å²) in [5.41, 5.74) is 2.35. The average molecular weight is 435 g/mol. The van der Waals surface area contributed by atoms with Crippen molar-refractivity contribution >= 4 is 0 Å². The number of methoxy groups -OCH3 is 1. The summed E-state index contributed by atoms with van der Waals surface area (Å²) in [6.07, 6.45) is 16.1. The molecule has 1 aromatic rings. The molecule has 4 fully saturated rings. The van der Waals surface area contributed by atoms with Crippen LogP contribution in [0.25, 0.3) is 0 Å². The number of fused-ring (bicyclic) bond motifs is 5. The first kappa shape index (κ1) is 22.4. The van der Waals surface area contributed by atoms with Crippen molar-refractivity contribution in [3.63, 3.8) is 0 Å². The standard InChI is InChI=1S/C29H42N2O/c1-19(14-20-4-7-23(16-30)31-17-20)27-10-11-28-26-9-6-22-15-21(18-32-3)5-8-24(22)25(26)12-13-29(27,28)2/h4,7,17,19,21-22,24-28H,5-6,8-15,18H2,1-3H3. The first-order valence-electron chi connectivity index (χ1n) is 13.4. The minimum Gasteiger partial charge on any atom is -0.384 e. The smallest absolute Gasteiger partial charge is 0.140 e. The normalized spacial score (nSPS) is 41.8. The van der Waals surface area contributed by atoms with Crippen LogP contribution in [0.4, 0.5) is 0 Å². The fraction of sp³-hybridized carbons (Fsp3) is 0.793. The van der Waals surface area contributed by atoms with Gasteiger partial charge < -0.3 is 4.74 Å². The van der Waals surface area contributed by atoms with Crippen LogP contribution in [0.2, 0.25) is 0 Å². The maximum Gasteiger partial charge on any atom is 0.140 e. The zero-order valence-electron chi connectivity index (χ0n) is 20.4. The Morgan fingerprint density at radius 2 is 1.94 bits per heavy atom. The van der Waals surface area contributed by atoms with Gasteiger partial charge in [0.25, 0.3) is 0 Å². The summed E-state index contributed by atoms with van der Waals surface area (Å²) in [4.78, 5) is 4.32. The van der Waals surface area contributed by atoms with Crippen LogP contribution >= 0.6 is 0 Å². The van der Waals surface area contributed by atoms with E-state index >= 15 is 0 Å². The molecule has 9 atom stereocenters. The lowest BCUT2D eigenvalue weighted by Gasteiger charge is -2.57. The highest BCUT2D eigenvalue weighted by Gasteiger charge is 2.57. The molecule has 3 heteroatoms. The van der Waals surface area contributed by atoms with Crippen LogP contribution in [0.5, 0.6) is 0 Å². The van der Waals surface area contributed by atoms with Gasteiger partial charge in [0.15, 0.2) is 0 Å². The van der Waals surface area contributed by atoms with Crippen LogP contribution in [0.1, 0.15) is 82.9 Å². The number of hydrogen-bond donors (Lipinski definition) is 0. The molecule has 0 bridgehead atoms. The molecule has 5 rings (SSSR count). The van der Waals surface area contributed by atoms with Gasteiger partial charge in [-0.3, -0.25) is 0 Å². The average Bonchev–Trinajstić information content (AvgIpc) is 3.17. The molecule has 4 saturated carbocycles. The van der Waals surface area contributed by atoms with Gasteiger partial charge in [-0.05, 0) is 129 Å². The third-order valence-corrected chi connectivity index (χ3v) is 10.7. The van der Waals surface area contributed by atoms with E-state index in [4.69, 9.17) is 10.00 Å². The van der Waals surface area contributed by atoms with Gasteiger partial charge in [-0.1, -0.05) is 19.9 Å². The maximum atomic E-state index is 9.03. The predicted molar refractivity (Wildman–Crippen MR) is 128 cm³/mol. The van der Waals surface area contributed by atoms with Crippen molar-refractivity contribution in [2.75, 3.05) is 13.7 Å². The fourth-order valence-corrected chi connectivity index (χ4v) is 9.44. The molecule has 0 amide bonds. The van der Waals surface area contributed by atoms with Crippen LogP contribution in [-0.4, -0.2) is 18.7 Å². The van der Waals surface area contributed by atoms with E-state index in [-0.39, 0.29) is 0 Å². The zero-order chi connectivity index (χ0) is 22.3. The van der Waals surface area contributed by atoms with E-state index in [0.29, 0.717) is 17.0 Å². The van der Waals surface area contributed by atoms with Gasteiger partial charge in [-0.15, -0.1) is 0 Å². The summed E-state index contributed by atoms with van der Waals surface area (Å²) in [5, 5.41) is 9.03. The Balaban J connectivity index is 1.26. The number of hydrogen-bond acceptors (Lipinski definition) is 3. The molecular formula is C29H42N2O. The van der Waals surface area contributed by atoms with Crippen LogP contribution in [-0.2, 0) is 11.2 Å². The van der Waals surface area contributed by atoms with Gasteiger partial charge >= 0.3 is 0 Å². The molecule has 32 heavy (non-hydrogen) atoms. The first-order valence-corrected chi connectivity index (χ1v) is 13.4. The third kappa shape index (κ3) is 3.91. The number of rotatable bonds is 5. The van der Waals surface area contributed by atoms with Crippen molar-refractivity contribution in [2.24, 2.45) is 52.8 Å². The summed E-state index contributed by atoms with van der Waals surface area (Å²) >= 11 is 0. The molecule has 1 heterocycles. The predicted octanol–water partition coefficient (Wildman–Crippen LogP) is 6.66. The lowest BCUT2D eigenvalue weighted by atomic mass is 9.48. The highest BCUT2D eigenvalue weighted by atomic mass is 16.5. The van der Waals surface area contributed by atoms with E-state index in [1.165, 1.54) is 63.4 Å². The number of nitriles is 1. The second-order valence-corrected chi connectivity index (χ2v) is 12.1. The van der Waals surface area contributed by atoms with E-state index in [0.717, 1.165) is 54.5 Å². The summed E-state index contributed by atoms with van der Waals surface area (Å²) < 4.78 is 5.51. The van der Waals surface area contributed by atoms with Crippen molar-refractivity contribution in [2.45, 2.75) is 78.1 Å². The minimum absolute atomic E-state index is 0.527. The van der Waals surface area contributed by atoms with E-state index in [9.17, 15) is 0 Å². The summed E-state index contributed by atoms with van der Waals surface area (Å²) in [6.45, 7) is 6.13. The van der Waals surface area contributed by atoms with Crippen LogP contribution < -0.4 is 0 Å². The Morgan fingerprint density at radius 1 is 1.09 bits per heavy atom. The van der Waals surface area contributed by atoms with E-state index in [2.05, 4.69) is 31.0 Å². The monoisotopic (exact) mass is 434 g/mol. The van der Waals surface area contributed by atoms with Crippen molar-refractivity contribution < 1.29 is 4.74 Å². The number of ether oxygens (including phenoxy) is 1. The highest BCUT2D eigenvalue weighted by molar-refractivity contribution is 5.23. The highest BCUT2D eigenvalue weighted by Crippen LogP contribution is 2.65. The lowest BCUT2D eigenvalue weighted by Crippen LogP contribution is -2.49. The van der Waals surface area contributed by atoms with Gasteiger partial charge in [0, 0.05) is 19.9 Å². The maximum absolute atomic E-state index is 9.03. The molecule has 0 N–H and O–H groups in total. The topological polar surface area (TPSA) is 45.9 Å². The van der Waals surface area contributed by atoms with Gasteiger partial charge in [0.05, 0.1) is 0 Å². The quantitative estimate of drug-likeness (QED) is 0.520. The van der Waals surface area contributed by atoms with E-state index in [1.54, 1.807) is 0 Å². The third-order valence-electron chi connectivity index (χ3n) is 10.7. The fourth-order valence-electron chi connectivity index (χ4n) is 9.44. The van der Waals surface area contributed by atoms with Crippen LogP contribution in [0.3, 0.4) is 0 Å². The molecule has 0 aromatic carbocycles. The Kier molecular flexibility index (Phi) is 6.36. The Labute approximate surface area is 195 Å². The van der Waals surface area contributed by atoms with Crippen molar-refractivity contribution in [1.29, 1.82) is 5.26 Å². The van der Waals surface area contributed by atoms with Gasteiger partial charge in [-0.2, -0.15) is 5.26 Å². The molecule has 9 unspecified atom stereocenters. The first-order chi connectivity index (χ1) is 15.5. The SMILES string of the molecule is COCC1CCC2C(CCC3C2CCC2(C)C(C(C)Cc4ccc(C#N)nc4)CCC32)C1. The largest absolute Gasteiger partial charge is 0.384 e. The Bertz CT molecular complexity index is 829. The number of pyridine rings is 1. The summed E-state index contributed by atoms with van der Waals surface area (Å²) in [7, 11) is 1.88. The summed E-state index contributed by atoms with van der Waals surface area (Å²) in [5.74, 6) is 7.28. The van der Waals surface area contributed by atoms with E-state index < -0.39 is 0 Å². The number of nitrogens with zero attached hydrogens (tertiary/aromatic N) is 2. The second kappa shape index (κ2) is 9.09. The van der Waals surface area contributed by atoms with E-state index in [1.807, 2.05) is 19.4 Å². The molecule has 0 spiro atoms. The molecule has 1 aromatic heterocycles. The molecule has 3 nitrogen and oxygen atoms in total. The lowest BCUT2D eigenvalue weighted by molar-refractivity contribution is -0.0769. The van der Waals surface area contributed by atoms with Gasteiger partial charge in [0.2, 0.25) is 0 Å². The molecule has 0 radical (unpaired) electrons. The van der Waals surface area contributed by atoms with Crippen LogP contribution in [0, 0.1) is 64.1 Å². The Hall–Kier alpha value is -1.40. The van der Waals surface area contributed by atoms with Gasteiger partial charge in [0.1, 0.15) is 11.8 Å². The second-order valence-electron chi connectivity index (χ2n) is 12.1. The van der Waals surface area contributed by atoms with Crippen molar-refractivity contribution in [3.05, 3.63) is 29.6 Å². The van der Waals surface area contributed by atoms with Crippen molar-refractivity contribution in [3.8, 4) is 6.07 Å². The van der Waals surface area contributed by atoms with Crippen LogP contribution in [0.15, 0.2) is 18.3 Å². The number of aromatic nitrogens is 1. The molecule has 0 aliphatic heterocycles. The molecule has 174 valence electrons. The molecule has 4 aliphatic rings. The van der Waals surface area contributed by atoms with Crippen molar-refractivity contribution in [1.82, 2.24) is 4.98 Å². The molecular weight excluding hydrogens is 392 g/mol. The summed E-state index contributed by atoms with van der Waals surface area (Å²) in [6, 6.07) is 6.14. The van der Waals surface area contributed by atoms with Gasteiger partial charge in [-0.25, -0.2) is 4.98 Å². The Morgan fingerprint density at radius 3 is 2.69 bits per heavy atom. The minimum atomic E-state index is 0.527. The molecule has 0 saturated heterocycles.